The molecule has 5 nitrogen and oxygen atoms in total. The van der Waals surface area contributed by atoms with Crippen LogP contribution < -0.4 is 10.1 Å². The van der Waals surface area contributed by atoms with Crippen LogP contribution in [-0.4, -0.2) is 42.7 Å². The molecule has 0 atom stereocenters. The molecule has 24 heavy (non-hydrogen) atoms. The minimum Gasteiger partial charge on any atom is -0.497 e. The average molecular weight is 345 g/mol. The summed E-state index contributed by atoms with van der Waals surface area (Å²) in [5, 5.41) is 6.04. The van der Waals surface area contributed by atoms with E-state index in [1.54, 1.807) is 18.4 Å². The van der Waals surface area contributed by atoms with Gasteiger partial charge in [0.05, 0.1) is 12.8 Å². The van der Waals surface area contributed by atoms with Gasteiger partial charge in [0.15, 0.2) is 0 Å². The average Bonchev–Trinajstić information content (AvgIpc) is 3.11. The number of hydrogen-bond donors (Lipinski definition) is 1. The van der Waals surface area contributed by atoms with Crippen LogP contribution in [0.2, 0.25) is 0 Å². The van der Waals surface area contributed by atoms with Crippen molar-refractivity contribution in [3.63, 3.8) is 0 Å². The molecule has 6 heteroatoms. The standard InChI is InChI=1S/C18H23N3O2S/c1-23-16-7-5-6-14(12-16)17-20-15(13-24-17)8-9-19-18(22)21-10-3-2-4-11-21/h5-7,12-13H,2-4,8-11H2,1H3,(H,19,22). The lowest BCUT2D eigenvalue weighted by Crippen LogP contribution is -2.43. The highest BCUT2D eigenvalue weighted by molar-refractivity contribution is 7.13. The number of ether oxygens (including phenoxy) is 1. The van der Waals surface area contributed by atoms with Crippen LogP contribution in [0.25, 0.3) is 10.6 Å². The molecular formula is C18H23N3O2S. The van der Waals surface area contributed by atoms with E-state index < -0.39 is 0 Å². The van der Waals surface area contributed by atoms with E-state index in [1.807, 2.05) is 29.2 Å². The van der Waals surface area contributed by atoms with E-state index in [4.69, 9.17) is 4.74 Å². The van der Waals surface area contributed by atoms with Crippen molar-refractivity contribution in [1.82, 2.24) is 15.2 Å². The zero-order valence-corrected chi connectivity index (χ0v) is 14.8. The molecule has 1 fully saturated rings. The summed E-state index contributed by atoms with van der Waals surface area (Å²) in [6.45, 7) is 2.38. The van der Waals surface area contributed by atoms with Crippen LogP contribution in [0.5, 0.6) is 5.75 Å². The fraction of sp³-hybridized carbons (Fsp3) is 0.444. The SMILES string of the molecule is COc1cccc(-c2nc(CCNC(=O)N3CCCCC3)cs2)c1. The van der Waals surface area contributed by atoms with E-state index in [2.05, 4.69) is 15.7 Å². The molecule has 2 aromatic rings. The Kier molecular flexibility index (Phi) is 5.69. The number of rotatable bonds is 5. The van der Waals surface area contributed by atoms with Crippen molar-refractivity contribution in [3.05, 3.63) is 35.3 Å². The van der Waals surface area contributed by atoms with Crippen molar-refractivity contribution in [2.24, 2.45) is 0 Å². The predicted octanol–water partition coefficient (Wildman–Crippen LogP) is 3.56. The Morgan fingerprint density at radius 2 is 2.17 bits per heavy atom. The summed E-state index contributed by atoms with van der Waals surface area (Å²) in [5.41, 5.74) is 2.07. The van der Waals surface area contributed by atoms with Crippen LogP contribution in [0.4, 0.5) is 4.79 Å². The highest BCUT2D eigenvalue weighted by Crippen LogP contribution is 2.26. The Morgan fingerprint density at radius 1 is 1.33 bits per heavy atom. The van der Waals surface area contributed by atoms with Gasteiger partial charge >= 0.3 is 6.03 Å². The maximum Gasteiger partial charge on any atom is 0.317 e. The smallest absolute Gasteiger partial charge is 0.317 e. The highest BCUT2D eigenvalue weighted by atomic mass is 32.1. The molecule has 0 saturated carbocycles. The second-order valence-corrected chi connectivity index (χ2v) is 6.76. The van der Waals surface area contributed by atoms with Crippen LogP contribution >= 0.6 is 11.3 Å². The zero-order valence-electron chi connectivity index (χ0n) is 14.0. The molecule has 0 radical (unpaired) electrons. The first kappa shape index (κ1) is 16.8. The number of amides is 2. The third kappa shape index (κ3) is 4.26. The molecule has 0 unspecified atom stereocenters. The molecule has 1 aliphatic heterocycles. The molecule has 1 aromatic heterocycles. The third-order valence-corrected chi connectivity index (χ3v) is 5.11. The molecule has 1 aromatic carbocycles. The highest BCUT2D eigenvalue weighted by Gasteiger charge is 2.15. The zero-order chi connectivity index (χ0) is 16.8. The summed E-state index contributed by atoms with van der Waals surface area (Å²) >= 11 is 1.62. The number of aromatic nitrogens is 1. The Bertz CT molecular complexity index is 680. The number of thiazole rings is 1. The number of piperidine rings is 1. The fourth-order valence-electron chi connectivity index (χ4n) is 2.82. The van der Waals surface area contributed by atoms with E-state index in [0.717, 1.165) is 54.4 Å². The maximum absolute atomic E-state index is 12.1. The maximum atomic E-state index is 12.1. The van der Waals surface area contributed by atoms with Gasteiger partial charge in [0, 0.05) is 37.0 Å². The summed E-state index contributed by atoms with van der Waals surface area (Å²) in [6, 6.07) is 7.96. The van der Waals surface area contributed by atoms with Gasteiger partial charge in [-0.05, 0) is 31.4 Å². The van der Waals surface area contributed by atoms with Crippen molar-refractivity contribution in [2.75, 3.05) is 26.7 Å². The minimum absolute atomic E-state index is 0.0537. The number of hydrogen-bond acceptors (Lipinski definition) is 4. The molecule has 0 bridgehead atoms. The van der Waals surface area contributed by atoms with Crippen LogP contribution in [0.1, 0.15) is 25.0 Å². The first-order valence-electron chi connectivity index (χ1n) is 8.38. The minimum atomic E-state index is 0.0537. The number of carbonyl (C=O) groups is 1. The topological polar surface area (TPSA) is 54.5 Å². The van der Waals surface area contributed by atoms with Gasteiger partial charge in [-0.3, -0.25) is 0 Å². The van der Waals surface area contributed by atoms with Crippen LogP contribution in [0.15, 0.2) is 29.6 Å². The summed E-state index contributed by atoms with van der Waals surface area (Å²) < 4.78 is 5.26. The Morgan fingerprint density at radius 3 is 2.96 bits per heavy atom. The number of carbonyl (C=O) groups excluding carboxylic acids is 1. The molecule has 1 aliphatic rings. The Labute approximate surface area is 146 Å². The van der Waals surface area contributed by atoms with Gasteiger partial charge in [-0.25, -0.2) is 9.78 Å². The lowest BCUT2D eigenvalue weighted by Gasteiger charge is -2.26. The molecule has 2 heterocycles. The van der Waals surface area contributed by atoms with Crippen LogP contribution in [0, 0.1) is 0 Å². The van der Waals surface area contributed by atoms with Crippen molar-refractivity contribution >= 4 is 17.4 Å². The summed E-state index contributed by atoms with van der Waals surface area (Å²) in [7, 11) is 1.66. The Hall–Kier alpha value is -2.08. The number of nitrogens with zero attached hydrogens (tertiary/aromatic N) is 2. The van der Waals surface area contributed by atoms with Gasteiger partial charge in [-0.2, -0.15) is 0 Å². The lowest BCUT2D eigenvalue weighted by molar-refractivity contribution is 0.186. The predicted molar refractivity (Wildman–Crippen MR) is 96.6 cm³/mol. The molecule has 1 N–H and O–H groups in total. The largest absolute Gasteiger partial charge is 0.497 e. The number of likely N-dealkylation sites (tertiary alicyclic amines) is 1. The second kappa shape index (κ2) is 8.15. The van der Waals surface area contributed by atoms with Crippen molar-refractivity contribution < 1.29 is 9.53 Å². The second-order valence-electron chi connectivity index (χ2n) is 5.91. The van der Waals surface area contributed by atoms with Crippen molar-refractivity contribution in [2.45, 2.75) is 25.7 Å². The summed E-state index contributed by atoms with van der Waals surface area (Å²) in [5.74, 6) is 0.832. The molecule has 2 amide bonds. The molecule has 0 aliphatic carbocycles. The van der Waals surface area contributed by atoms with E-state index >= 15 is 0 Å². The molecule has 128 valence electrons. The van der Waals surface area contributed by atoms with E-state index in [-0.39, 0.29) is 6.03 Å². The molecule has 3 rings (SSSR count). The number of nitrogens with one attached hydrogen (secondary N) is 1. The van der Waals surface area contributed by atoms with Crippen LogP contribution in [-0.2, 0) is 6.42 Å². The summed E-state index contributed by atoms with van der Waals surface area (Å²) in [4.78, 5) is 18.6. The van der Waals surface area contributed by atoms with Crippen molar-refractivity contribution in [1.29, 1.82) is 0 Å². The van der Waals surface area contributed by atoms with E-state index in [0.29, 0.717) is 6.54 Å². The third-order valence-electron chi connectivity index (χ3n) is 4.17. The van der Waals surface area contributed by atoms with Crippen molar-refractivity contribution in [3.8, 4) is 16.3 Å². The number of benzene rings is 1. The summed E-state index contributed by atoms with van der Waals surface area (Å²) in [6.07, 6.45) is 4.21. The first-order valence-corrected chi connectivity index (χ1v) is 9.26. The normalized spacial score (nSPS) is 14.5. The van der Waals surface area contributed by atoms with Gasteiger partial charge < -0.3 is 15.0 Å². The van der Waals surface area contributed by atoms with Gasteiger partial charge in [0.1, 0.15) is 10.8 Å². The van der Waals surface area contributed by atoms with E-state index in [9.17, 15) is 4.79 Å². The van der Waals surface area contributed by atoms with Crippen LogP contribution in [0.3, 0.4) is 0 Å². The quantitative estimate of drug-likeness (QED) is 0.901. The molecular weight excluding hydrogens is 322 g/mol. The first-order chi connectivity index (χ1) is 11.8. The monoisotopic (exact) mass is 345 g/mol. The van der Waals surface area contributed by atoms with Gasteiger partial charge in [-0.1, -0.05) is 12.1 Å². The van der Waals surface area contributed by atoms with Gasteiger partial charge in [0.2, 0.25) is 0 Å². The number of urea groups is 1. The fourth-order valence-corrected chi connectivity index (χ4v) is 3.67. The Balaban J connectivity index is 1.51. The number of methoxy groups -OCH3 is 1. The van der Waals surface area contributed by atoms with Gasteiger partial charge in [0.25, 0.3) is 0 Å². The lowest BCUT2D eigenvalue weighted by atomic mass is 10.1. The molecule has 0 spiro atoms. The van der Waals surface area contributed by atoms with Gasteiger partial charge in [-0.15, -0.1) is 11.3 Å². The van der Waals surface area contributed by atoms with E-state index in [1.165, 1.54) is 6.42 Å². The molecule has 1 saturated heterocycles.